The minimum Gasteiger partial charge on any atom is -0.372 e. The van der Waals surface area contributed by atoms with E-state index in [9.17, 15) is 9.59 Å². The van der Waals surface area contributed by atoms with Crippen LogP contribution in [0.25, 0.3) is 0 Å². The molecule has 136 valence electrons. The molecule has 0 saturated carbocycles. The van der Waals surface area contributed by atoms with Crippen molar-refractivity contribution in [1.29, 1.82) is 0 Å². The maximum atomic E-state index is 12.8. The molecule has 3 fully saturated rings. The van der Waals surface area contributed by atoms with E-state index in [0.29, 0.717) is 31.7 Å². The molecule has 4 atom stereocenters. The van der Waals surface area contributed by atoms with Crippen LogP contribution in [0.15, 0.2) is 0 Å². The predicted octanol–water partition coefficient (Wildman–Crippen LogP) is 1.10. The van der Waals surface area contributed by atoms with Gasteiger partial charge in [0.25, 0.3) is 0 Å². The van der Waals surface area contributed by atoms with Gasteiger partial charge in [0.1, 0.15) is 0 Å². The molecule has 0 radical (unpaired) electrons. The molecule has 0 spiro atoms. The third-order valence-corrected chi connectivity index (χ3v) is 5.67. The Balaban J connectivity index is 1.61. The number of rotatable bonds is 3. The molecule has 0 aromatic heterocycles. The number of carbonyl (C=O) groups excluding carboxylic acids is 2. The molecule has 2 amide bonds. The molecular weight excluding hydrogens is 306 g/mol. The van der Waals surface area contributed by atoms with Crippen molar-refractivity contribution < 1.29 is 14.3 Å². The fraction of sp³-hybridized carbons (Fsp3) is 0.889. The normalized spacial score (nSPS) is 34.8. The number of morpholine rings is 1. The van der Waals surface area contributed by atoms with Crippen LogP contribution in [0.3, 0.4) is 0 Å². The average Bonchev–Trinajstić information content (AvgIpc) is 3.14. The van der Waals surface area contributed by atoms with Crippen LogP contribution in [0.1, 0.15) is 46.5 Å². The van der Waals surface area contributed by atoms with Crippen LogP contribution in [0.2, 0.25) is 0 Å². The van der Waals surface area contributed by atoms with Crippen molar-refractivity contribution in [1.82, 2.24) is 14.7 Å². The van der Waals surface area contributed by atoms with Gasteiger partial charge in [-0.2, -0.15) is 0 Å². The highest BCUT2D eigenvalue weighted by Gasteiger charge is 2.40. The van der Waals surface area contributed by atoms with Crippen molar-refractivity contribution in [3.05, 3.63) is 0 Å². The fourth-order valence-electron chi connectivity index (χ4n) is 4.72. The summed E-state index contributed by atoms with van der Waals surface area (Å²) in [7, 11) is 0. The SMILES string of the molecule is CC(=O)N1CCC[C@@H]1[C@@H]1CCCN1CC(=O)N1C[C@@H](C)O[C@H](C)C1. The second-order valence-corrected chi connectivity index (χ2v) is 7.66. The molecule has 3 aliphatic rings. The second kappa shape index (κ2) is 7.40. The topological polar surface area (TPSA) is 53.1 Å². The summed E-state index contributed by atoms with van der Waals surface area (Å²) in [6.45, 7) is 9.40. The lowest BCUT2D eigenvalue weighted by molar-refractivity contribution is -0.144. The van der Waals surface area contributed by atoms with E-state index in [4.69, 9.17) is 4.74 Å². The number of ether oxygens (including phenoxy) is 1. The Bertz CT molecular complexity index is 474. The first-order valence-corrected chi connectivity index (χ1v) is 9.40. The van der Waals surface area contributed by atoms with Gasteiger partial charge >= 0.3 is 0 Å². The molecule has 24 heavy (non-hydrogen) atoms. The minimum absolute atomic E-state index is 0.107. The Morgan fingerprint density at radius 1 is 1.00 bits per heavy atom. The Morgan fingerprint density at radius 2 is 1.62 bits per heavy atom. The highest BCUT2D eigenvalue weighted by atomic mass is 16.5. The monoisotopic (exact) mass is 337 g/mol. The Kier molecular flexibility index (Phi) is 5.45. The van der Waals surface area contributed by atoms with E-state index in [2.05, 4.69) is 4.90 Å². The number of nitrogens with zero attached hydrogens (tertiary/aromatic N) is 3. The first kappa shape index (κ1) is 17.7. The number of hydrogen-bond acceptors (Lipinski definition) is 4. The highest BCUT2D eigenvalue weighted by Crippen LogP contribution is 2.30. The van der Waals surface area contributed by atoms with Crippen LogP contribution in [-0.4, -0.2) is 83.5 Å². The Morgan fingerprint density at radius 3 is 2.29 bits per heavy atom. The summed E-state index contributed by atoms with van der Waals surface area (Å²) in [5, 5.41) is 0. The van der Waals surface area contributed by atoms with Crippen molar-refractivity contribution in [2.45, 2.75) is 70.7 Å². The molecule has 6 heteroatoms. The summed E-state index contributed by atoms with van der Waals surface area (Å²) in [6, 6.07) is 0.636. The second-order valence-electron chi connectivity index (χ2n) is 7.66. The smallest absolute Gasteiger partial charge is 0.236 e. The summed E-state index contributed by atoms with van der Waals surface area (Å²) >= 11 is 0. The van der Waals surface area contributed by atoms with Crippen LogP contribution in [0.5, 0.6) is 0 Å². The maximum Gasteiger partial charge on any atom is 0.236 e. The third-order valence-electron chi connectivity index (χ3n) is 5.67. The Labute approximate surface area is 145 Å². The van der Waals surface area contributed by atoms with E-state index in [0.717, 1.165) is 38.8 Å². The van der Waals surface area contributed by atoms with Gasteiger partial charge in [0.15, 0.2) is 0 Å². The van der Waals surface area contributed by atoms with Gasteiger partial charge in [-0.05, 0) is 46.1 Å². The quantitative estimate of drug-likeness (QED) is 0.774. The van der Waals surface area contributed by atoms with Gasteiger partial charge in [-0.3, -0.25) is 14.5 Å². The molecule has 0 aromatic rings. The summed E-state index contributed by atoms with van der Waals surface area (Å²) in [5.41, 5.74) is 0. The molecule has 0 N–H and O–H groups in total. The molecule has 3 aliphatic heterocycles. The summed E-state index contributed by atoms with van der Waals surface area (Å²) in [4.78, 5) is 30.9. The van der Waals surface area contributed by atoms with E-state index >= 15 is 0 Å². The molecule has 6 nitrogen and oxygen atoms in total. The number of likely N-dealkylation sites (tertiary alicyclic amines) is 2. The van der Waals surface area contributed by atoms with Gasteiger partial charge in [-0.1, -0.05) is 0 Å². The van der Waals surface area contributed by atoms with Gasteiger partial charge in [0.05, 0.1) is 18.8 Å². The number of carbonyl (C=O) groups is 2. The van der Waals surface area contributed by atoms with Crippen LogP contribution in [-0.2, 0) is 14.3 Å². The van der Waals surface area contributed by atoms with Crippen LogP contribution < -0.4 is 0 Å². The number of hydrogen-bond donors (Lipinski definition) is 0. The first-order valence-electron chi connectivity index (χ1n) is 9.40. The lowest BCUT2D eigenvalue weighted by atomic mass is 10.0. The zero-order chi connectivity index (χ0) is 17.3. The molecule has 3 saturated heterocycles. The van der Waals surface area contributed by atoms with Gasteiger partial charge in [-0.25, -0.2) is 0 Å². The van der Waals surface area contributed by atoms with Crippen LogP contribution >= 0.6 is 0 Å². The largest absolute Gasteiger partial charge is 0.372 e. The van der Waals surface area contributed by atoms with Crippen molar-refractivity contribution in [2.75, 3.05) is 32.7 Å². The molecule has 3 heterocycles. The van der Waals surface area contributed by atoms with Crippen molar-refractivity contribution in [3.8, 4) is 0 Å². The standard InChI is InChI=1S/C18H31N3O3/c1-13-10-20(11-14(2)24-13)18(23)12-19-8-4-6-16(19)17-7-5-9-21(17)15(3)22/h13-14,16-17H,4-12H2,1-3H3/t13-,14-,16+,17-/m1/s1. The van der Waals surface area contributed by atoms with E-state index in [1.54, 1.807) is 6.92 Å². The first-order chi connectivity index (χ1) is 11.5. The molecule has 3 rings (SSSR count). The van der Waals surface area contributed by atoms with E-state index < -0.39 is 0 Å². The number of amides is 2. The van der Waals surface area contributed by atoms with Crippen molar-refractivity contribution in [2.24, 2.45) is 0 Å². The average molecular weight is 337 g/mol. The van der Waals surface area contributed by atoms with Gasteiger partial charge in [0.2, 0.25) is 11.8 Å². The molecule has 0 unspecified atom stereocenters. The van der Waals surface area contributed by atoms with Crippen molar-refractivity contribution >= 4 is 11.8 Å². The molecule has 0 aromatic carbocycles. The molecule has 0 bridgehead atoms. The van der Waals surface area contributed by atoms with E-state index in [-0.39, 0.29) is 24.0 Å². The van der Waals surface area contributed by atoms with Crippen LogP contribution in [0.4, 0.5) is 0 Å². The van der Waals surface area contributed by atoms with Gasteiger partial charge < -0.3 is 14.5 Å². The Hall–Kier alpha value is -1.14. The molecular formula is C18H31N3O3. The highest BCUT2D eigenvalue weighted by molar-refractivity contribution is 5.78. The zero-order valence-electron chi connectivity index (χ0n) is 15.2. The lowest BCUT2D eigenvalue weighted by Gasteiger charge is -2.38. The van der Waals surface area contributed by atoms with E-state index in [1.165, 1.54) is 0 Å². The maximum absolute atomic E-state index is 12.8. The van der Waals surface area contributed by atoms with Crippen molar-refractivity contribution in [3.63, 3.8) is 0 Å². The zero-order valence-corrected chi connectivity index (χ0v) is 15.2. The van der Waals surface area contributed by atoms with Crippen LogP contribution in [0, 0.1) is 0 Å². The summed E-state index contributed by atoms with van der Waals surface area (Å²) < 4.78 is 5.73. The summed E-state index contributed by atoms with van der Waals surface area (Å²) in [6.07, 6.45) is 4.58. The van der Waals surface area contributed by atoms with E-state index in [1.807, 2.05) is 23.6 Å². The third kappa shape index (κ3) is 3.75. The summed E-state index contributed by atoms with van der Waals surface area (Å²) in [5.74, 6) is 0.378. The fourth-order valence-corrected chi connectivity index (χ4v) is 4.72. The predicted molar refractivity (Wildman–Crippen MR) is 91.6 cm³/mol. The molecule has 0 aliphatic carbocycles. The van der Waals surface area contributed by atoms with Gasteiger partial charge in [-0.15, -0.1) is 0 Å². The minimum atomic E-state index is 0.107. The van der Waals surface area contributed by atoms with Gasteiger partial charge in [0, 0.05) is 38.6 Å². The lowest BCUT2D eigenvalue weighted by Crippen LogP contribution is -2.53.